The summed E-state index contributed by atoms with van der Waals surface area (Å²) in [6, 6.07) is 6.57. The molecule has 0 aliphatic rings. The highest BCUT2D eigenvalue weighted by Gasteiger charge is 2.04. The van der Waals surface area contributed by atoms with Gasteiger partial charge in [-0.05, 0) is 68.3 Å². The van der Waals surface area contributed by atoms with E-state index in [0.717, 1.165) is 37.8 Å². The van der Waals surface area contributed by atoms with Crippen LogP contribution in [0.3, 0.4) is 0 Å². The van der Waals surface area contributed by atoms with Crippen molar-refractivity contribution in [1.29, 1.82) is 0 Å². The Bertz CT molecular complexity index is 399. The van der Waals surface area contributed by atoms with E-state index >= 15 is 0 Å². The molecular weight excluding hydrogens is 258 g/mol. The smallest absolute Gasteiger partial charge is 0.122 e. The number of rotatable bonds is 10. The van der Waals surface area contributed by atoms with Gasteiger partial charge in [-0.2, -0.15) is 0 Å². The van der Waals surface area contributed by atoms with E-state index in [4.69, 9.17) is 4.74 Å². The summed E-state index contributed by atoms with van der Waals surface area (Å²) in [5.74, 6) is 2.35. The van der Waals surface area contributed by atoms with Gasteiger partial charge in [-0.3, -0.25) is 0 Å². The summed E-state index contributed by atoms with van der Waals surface area (Å²) in [5, 5.41) is 3.48. The number of aryl methyl sites for hydroxylation is 1. The van der Waals surface area contributed by atoms with Gasteiger partial charge in [-0.15, -0.1) is 0 Å². The normalized spacial score (nSPS) is 11.4. The number of nitrogens with one attached hydrogen (secondary N) is 1. The summed E-state index contributed by atoms with van der Waals surface area (Å²) in [5.41, 5.74) is 2.59. The number of hydrogen-bond donors (Lipinski definition) is 1. The average molecular weight is 291 g/mol. The molecule has 120 valence electrons. The Morgan fingerprint density at radius 2 is 1.81 bits per heavy atom. The van der Waals surface area contributed by atoms with E-state index in [2.05, 4.69) is 58.1 Å². The van der Waals surface area contributed by atoms with E-state index in [0.29, 0.717) is 5.92 Å². The molecule has 0 spiro atoms. The first-order valence-electron chi connectivity index (χ1n) is 8.44. The number of ether oxygens (including phenoxy) is 1. The third-order valence-electron chi connectivity index (χ3n) is 3.69. The van der Waals surface area contributed by atoms with Crippen LogP contribution in [-0.2, 0) is 0 Å². The van der Waals surface area contributed by atoms with Gasteiger partial charge in [0, 0.05) is 0 Å². The highest BCUT2D eigenvalue weighted by molar-refractivity contribution is 5.37. The summed E-state index contributed by atoms with van der Waals surface area (Å²) in [4.78, 5) is 0. The molecule has 0 fully saturated rings. The maximum Gasteiger partial charge on any atom is 0.122 e. The third-order valence-corrected chi connectivity index (χ3v) is 3.69. The van der Waals surface area contributed by atoms with Gasteiger partial charge < -0.3 is 10.1 Å². The lowest BCUT2D eigenvalue weighted by molar-refractivity contribution is 0.302. The molecule has 21 heavy (non-hydrogen) atoms. The largest absolute Gasteiger partial charge is 0.493 e. The molecule has 2 nitrogen and oxygen atoms in total. The molecule has 0 saturated carbocycles. The molecule has 0 aromatic heterocycles. The molecule has 0 unspecified atom stereocenters. The van der Waals surface area contributed by atoms with Crippen LogP contribution in [0.1, 0.15) is 64.0 Å². The second-order valence-corrected chi connectivity index (χ2v) is 6.69. The fourth-order valence-corrected chi connectivity index (χ4v) is 2.23. The standard InChI is InChI=1S/C19H33NO/c1-15(2)14-20-11-7-6-8-12-21-19-13-18(16(3)4)10-9-17(19)5/h9-10,13,15-16,20H,6-8,11-12,14H2,1-5H3. The molecule has 0 heterocycles. The summed E-state index contributed by atoms with van der Waals surface area (Å²) in [6.07, 6.45) is 3.60. The molecule has 1 aromatic carbocycles. The molecular formula is C19H33NO. The third kappa shape index (κ3) is 7.52. The Kier molecular flexibility index (Phi) is 8.44. The van der Waals surface area contributed by atoms with Gasteiger partial charge in [0.2, 0.25) is 0 Å². The van der Waals surface area contributed by atoms with E-state index in [1.807, 2.05) is 0 Å². The summed E-state index contributed by atoms with van der Waals surface area (Å²) >= 11 is 0. The molecule has 0 bridgehead atoms. The van der Waals surface area contributed by atoms with Gasteiger partial charge in [-0.1, -0.05) is 39.8 Å². The lowest BCUT2D eigenvalue weighted by atomic mass is 10.0. The predicted octanol–water partition coefficient (Wildman–Crippen LogP) is 4.91. The van der Waals surface area contributed by atoms with Gasteiger partial charge in [0.15, 0.2) is 0 Å². The highest BCUT2D eigenvalue weighted by atomic mass is 16.5. The minimum Gasteiger partial charge on any atom is -0.493 e. The van der Waals surface area contributed by atoms with Crippen molar-refractivity contribution in [3.8, 4) is 5.75 Å². The monoisotopic (exact) mass is 291 g/mol. The van der Waals surface area contributed by atoms with E-state index < -0.39 is 0 Å². The van der Waals surface area contributed by atoms with Crippen molar-refractivity contribution in [3.63, 3.8) is 0 Å². The Hall–Kier alpha value is -1.02. The molecule has 2 heteroatoms. The van der Waals surface area contributed by atoms with Crippen molar-refractivity contribution in [1.82, 2.24) is 5.32 Å². The zero-order valence-electron chi connectivity index (χ0n) is 14.5. The van der Waals surface area contributed by atoms with Crippen molar-refractivity contribution in [2.24, 2.45) is 5.92 Å². The number of hydrogen-bond acceptors (Lipinski definition) is 2. The lowest BCUT2D eigenvalue weighted by Crippen LogP contribution is -2.20. The Labute approximate surface area is 131 Å². The van der Waals surface area contributed by atoms with Crippen LogP contribution in [-0.4, -0.2) is 19.7 Å². The number of unbranched alkanes of at least 4 members (excludes halogenated alkanes) is 2. The highest BCUT2D eigenvalue weighted by Crippen LogP contribution is 2.24. The van der Waals surface area contributed by atoms with Crippen LogP contribution in [0.2, 0.25) is 0 Å². The lowest BCUT2D eigenvalue weighted by Gasteiger charge is -2.13. The van der Waals surface area contributed by atoms with Crippen LogP contribution in [0, 0.1) is 12.8 Å². The van der Waals surface area contributed by atoms with E-state index in [1.54, 1.807) is 0 Å². The maximum atomic E-state index is 5.95. The van der Waals surface area contributed by atoms with Crippen LogP contribution in [0.15, 0.2) is 18.2 Å². The van der Waals surface area contributed by atoms with E-state index in [1.165, 1.54) is 24.0 Å². The predicted molar refractivity (Wildman–Crippen MR) is 92.3 cm³/mol. The van der Waals surface area contributed by atoms with Crippen molar-refractivity contribution in [2.75, 3.05) is 19.7 Å². The average Bonchev–Trinajstić information content (AvgIpc) is 2.43. The SMILES string of the molecule is Cc1ccc(C(C)C)cc1OCCCCCNCC(C)C. The minimum atomic E-state index is 0.556. The van der Waals surface area contributed by atoms with Crippen LogP contribution in [0.25, 0.3) is 0 Å². The van der Waals surface area contributed by atoms with Crippen molar-refractivity contribution in [3.05, 3.63) is 29.3 Å². The summed E-state index contributed by atoms with van der Waals surface area (Å²) < 4.78 is 5.95. The van der Waals surface area contributed by atoms with Crippen molar-refractivity contribution in [2.45, 2.75) is 59.8 Å². The minimum absolute atomic E-state index is 0.556. The molecule has 0 aliphatic heterocycles. The van der Waals surface area contributed by atoms with Gasteiger partial charge in [0.25, 0.3) is 0 Å². The maximum absolute atomic E-state index is 5.95. The topological polar surface area (TPSA) is 21.3 Å². The van der Waals surface area contributed by atoms with Gasteiger partial charge in [0.05, 0.1) is 6.61 Å². The molecule has 1 rings (SSSR count). The van der Waals surface area contributed by atoms with Crippen LogP contribution < -0.4 is 10.1 Å². The van der Waals surface area contributed by atoms with Gasteiger partial charge in [0.1, 0.15) is 5.75 Å². The van der Waals surface area contributed by atoms with Crippen molar-refractivity contribution < 1.29 is 4.74 Å². The second kappa shape index (κ2) is 9.83. The summed E-state index contributed by atoms with van der Waals surface area (Å²) in [6.45, 7) is 14.1. The summed E-state index contributed by atoms with van der Waals surface area (Å²) in [7, 11) is 0. The van der Waals surface area contributed by atoms with Crippen molar-refractivity contribution >= 4 is 0 Å². The first-order chi connectivity index (χ1) is 10.0. The molecule has 0 aliphatic carbocycles. The van der Waals surface area contributed by atoms with Gasteiger partial charge >= 0.3 is 0 Å². The fraction of sp³-hybridized carbons (Fsp3) is 0.684. The Morgan fingerprint density at radius 3 is 2.48 bits per heavy atom. The molecule has 0 saturated heterocycles. The second-order valence-electron chi connectivity index (χ2n) is 6.69. The Balaban J connectivity index is 2.19. The zero-order chi connectivity index (χ0) is 15.7. The first kappa shape index (κ1) is 18.0. The molecule has 0 radical (unpaired) electrons. The molecule has 0 amide bonds. The van der Waals surface area contributed by atoms with E-state index in [9.17, 15) is 0 Å². The Morgan fingerprint density at radius 1 is 1.05 bits per heavy atom. The van der Waals surface area contributed by atoms with Gasteiger partial charge in [-0.25, -0.2) is 0 Å². The molecule has 1 aromatic rings. The zero-order valence-corrected chi connectivity index (χ0v) is 14.5. The number of benzene rings is 1. The van der Waals surface area contributed by atoms with Crippen LogP contribution in [0.5, 0.6) is 5.75 Å². The van der Waals surface area contributed by atoms with E-state index in [-0.39, 0.29) is 0 Å². The quantitative estimate of drug-likeness (QED) is 0.618. The van der Waals surface area contributed by atoms with Crippen LogP contribution in [0.4, 0.5) is 0 Å². The molecule has 1 N–H and O–H groups in total. The molecule has 0 atom stereocenters. The fourth-order valence-electron chi connectivity index (χ4n) is 2.23. The first-order valence-corrected chi connectivity index (χ1v) is 8.44. The van der Waals surface area contributed by atoms with Crippen LogP contribution >= 0.6 is 0 Å².